The average molecular weight is 456 g/mol. The van der Waals surface area contributed by atoms with E-state index >= 15 is 0 Å². The standard InChI is InChI=1S/C29H33N3O2/c1-19-17-32(18-20(2)34-19)24-13-11-23(12-14-24)27-16-31-28-25(5-4-6-26(28)29(27)33-3)22-9-7-21(15-30)8-10-22/h4-10,16,19-20,23-24H,11-14,17-18H2,1-3H3/t19-,20+,23?,24?. The molecule has 2 aliphatic rings. The van der Waals surface area contributed by atoms with Gasteiger partial charge in [-0.3, -0.25) is 9.88 Å². The molecule has 1 saturated heterocycles. The molecule has 5 nitrogen and oxygen atoms in total. The van der Waals surface area contributed by atoms with Gasteiger partial charge in [-0.15, -0.1) is 0 Å². The summed E-state index contributed by atoms with van der Waals surface area (Å²) < 4.78 is 11.9. The van der Waals surface area contributed by atoms with Crippen LogP contribution in [0.15, 0.2) is 48.7 Å². The molecule has 176 valence electrons. The number of para-hydroxylation sites is 1. The predicted molar refractivity (Wildman–Crippen MR) is 135 cm³/mol. The van der Waals surface area contributed by atoms with Gasteiger partial charge in [-0.25, -0.2) is 0 Å². The van der Waals surface area contributed by atoms with Crippen molar-refractivity contribution >= 4 is 10.9 Å². The monoisotopic (exact) mass is 455 g/mol. The van der Waals surface area contributed by atoms with E-state index < -0.39 is 0 Å². The van der Waals surface area contributed by atoms with Crippen molar-refractivity contribution < 1.29 is 9.47 Å². The number of rotatable bonds is 4. The van der Waals surface area contributed by atoms with Gasteiger partial charge >= 0.3 is 0 Å². The largest absolute Gasteiger partial charge is 0.496 e. The molecule has 5 heteroatoms. The quantitative estimate of drug-likeness (QED) is 0.489. The fourth-order valence-electron chi connectivity index (χ4n) is 5.96. The van der Waals surface area contributed by atoms with Gasteiger partial charge in [0.05, 0.1) is 36.5 Å². The average Bonchev–Trinajstić information content (AvgIpc) is 2.87. The first-order valence-electron chi connectivity index (χ1n) is 12.4. The number of ether oxygens (including phenoxy) is 2. The molecular weight excluding hydrogens is 422 g/mol. The van der Waals surface area contributed by atoms with Gasteiger partial charge in [0.15, 0.2) is 0 Å². The second-order valence-electron chi connectivity index (χ2n) is 9.85. The van der Waals surface area contributed by atoms with E-state index in [1.165, 1.54) is 18.4 Å². The van der Waals surface area contributed by atoms with E-state index in [-0.39, 0.29) is 0 Å². The van der Waals surface area contributed by atoms with E-state index in [2.05, 4.69) is 43.0 Å². The third-order valence-corrected chi connectivity index (χ3v) is 7.51. The van der Waals surface area contributed by atoms with Crippen molar-refractivity contribution in [2.24, 2.45) is 0 Å². The van der Waals surface area contributed by atoms with Gasteiger partial charge in [0.25, 0.3) is 0 Å². The van der Waals surface area contributed by atoms with E-state index in [1.807, 2.05) is 30.5 Å². The van der Waals surface area contributed by atoms with Gasteiger partial charge in [0.2, 0.25) is 0 Å². The molecule has 2 heterocycles. The van der Waals surface area contributed by atoms with Gasteiger partial charge in [-0.05, 0) is 69.2 Å². The van der Waals surface area contributed by atoms with Crippen LogP contribution in [0.25, 0.3) is 22.0 Å². The van der Waals surface area contributed by atoms with Crippen LogP contribution in [-0.4, -0.2) is 48.3 Å². The van der Waals surface area contributed by atoms with Crippen LogP contribution >= 0.6 is 0 Å². The highest BCUT2D eigenvalue weighted by Gasteiger charge is 2.32. The van der Waals surface area contributed by atoms with Crippen molar-refractivity contribution in [2.45, 2.75) is 63.7 Å². The predicted octanol–water partition coefficient (Wildman–Crippen LogP) is 5.92. The Hall–Kier alpha value is -2.94. The molecule has 0 bridgehead atoms. The topological polar surface area (TPSA) is 58.4 Å². The molecule has 1 saturated carbocycles. The molecule has 2 atom stereocenters. The minimum atomic E-state index is 0.316. The number of fused-ring (bicyclic) bond motifs is 1. The number of nitriles is 1. The lowest BCUT2D eigenvalue weighted by atomic mass is 9.80. The Balaban J connectivity index is 1.40. The van der Waals surface area contributed by atoms with Gasteiger partial charge in [-0.2, -0.15) is 5.26 Å². The molecule has 0 spiro atoms. The Kier molecular flexibility index (Phi) is 6.54. The maximum Gasteiger partial charge on any atom is 0.133 e. The third-order valence-electron chi connectivity index (χ3n) is 7.51. The lowest BCUT2D eigenvalue weighted by molar-refractivity contribution is -0.0844. The lowest BCUT2D eigenvalue weighted by Crippen LogP contribution is -2.50. The number of benzene rings is 2. The highest BCUT2D eigenvalue weighted by molar-refractivity contribution is 5.97. The molecule has 34 heavy (non-hydrogen) atoms. The zero-order chi connectivity index (χ0) is 23.7. The van der Waals surface area contributed by atoms with Crippen LogP contribution in [0.3, 0.4) is 0 Å². The highest BCUT2D eigenvalue weighted by Crippen LogP contribution is 2.43. The van der Waals surface area contributed by atoms with Crippen molar-refractivity contribution in [2.75, 3.05) is 20.2 Å². The van der Waals surface area contributed by atoms with Gasteiger partial charge < -0.3 is 9.47 Å². The summed E-state index contributed by atoms with van der Waals surface area (Å²) in [6.45, 7) is 6.45. The maximum absolute atomic E-state index is 9.12. The molecule has 5 rings (SSSR count). The zero-order valence-electron chi connectivity index (χ0n) is 20.3. The van der Waals surface area contributed by atoms with Crippen LogP contribution in [0.5, 0.6) is 5.75 Å². The fourth-order valence-corrected chi connectivity index (χ4v) is 5.96. The van der Waals surface area contributed by atoms with E-state index in [0.717, 1.165) is 53.7 Å². The number of methoxy groups -OCH3 is 1. The number of pyridine rings is 1. The second kappa shape index (κ2) is 9.74. The first kappa shape index (κ1) is 22.8. The Morgan fingerprint density at radius 2 is 1.71 bits per heavy atom. The van der Waals surface area contributed by atoms with Gasteiger partial charge in [0.1, 0.15) is 5.75 Å². The van der Waals surface area contributed by atoms with Gasteiger partial charge in [0, 0.05) is 41.8 Å². The maximum atomic E-state index is 9.12. The summed E-state index contributed by atoms with van der Waals surface area (Å²) in [7, 11) is 1.77. The number of hydrogen-bond acceptors (Lipinski definition) is 5. The van der Waals surface area contributed by atoms with E-state index in [1.54, 1.807) is 7.11 Å². The second-order valence-corrected chi connectivity index (χ2v) is 9.85. The summed E-state index contributed by atoms with van der Waals surface area (Å²) >= 11 is 0. The van der Waals surface area contributed by atoms with Crippen molar-refractivity contribution in [3.63, 3.8) is 0 Å². The van der Waals surface area contributed by atoms with Crippen LogP contribution in [0.2, 0.25) is 0 Å². The molecule has 3 aromatic rings. The summed E-state index contributed by atoms with van der Waals surface area (Å²) in [6, 6.07) is 16.8. The van der Waals surface area contributed by atoms with E-state index in [4.69, 9.17) is 19.7 Å². The number of hydrogen-bond donors (Lipinski definition) is 0. The molecule has 1 aliphatic heterocycles. The summed E-state index contributed by atoms with van der Waals surface area (Å²) in [5.74, 6) is 1.43. The minimum absolute atomic E-state index is 0.316. The first-order valence-corrected chi connectivity index (χ1v) is 12.4. The Bertz CT molecular complexity index is 1180. The molecule has 2 aromatic carbocycles. The fraction of sp³-hybridized carbons (Fsp3) is 0.448. The van der Waals surface area contributed by atoms with Crippen molar-refractivity contribution in [3.05, 3.63) is 59.8 Å². The summed E-state index contributed by atoms with van der Waals surface area (Å²) in [5.41, 5.74) is 4.95. The normalized spacial score (nSPS) is 25.7. The number of aromatic nitrogens is 1. The van der Waals surface area contributed by atoms with E-state index in [9.17, 15) is 0 Å². The lowest BCUT2D eigenvalue weighted by Gasteiger charge is -2.43. The van der Waals surface area contributed by atoms with Crippen LogP contribution in [-0.2, 0) is 4.74 Å². The smallest absolute Gasteiger partial charge is 0.133 e. The van der Waals surface area contributed by atoms with Crippen molar-refractivity contribution in [1.82, 2.24) is 9.88 Å². The number of nitrogens with zero attached hydrogens (tertiary/aromatic N) is 3. The van der Waals surface area contributed by atoms with Gasteiger partial charge in [-0.1, -0.05) is 24.3 Å². The molecule has 0 amide bonds. The van der Waals surface area contributed by atoms with Crippen molar-refractivity contribution in [3.8, 4) is 22.9 Å². The zero-order valence-corrected chi connectivity index (χ0v) is 20.3. The first-order chi connectivity index (χ1) is 16.6. The molecule has 0 N–H and O–H groups in total. The highest BCUT2D eigenvalue weighted by atomic mass is 16.5. The third kappa shape index (κ3) is 4.41. The molecular formula is C29H33N3O2. The minimum Gasteiger partial charge on any atom is -0.496 e. The molecule has 2 fully saturated rings. The summed E-state index contributed by atoms with van der Waals surface area (Å²) in [5, 5.41) is 10.2. The van der Waals surface area contributed by atoms with Crippen molar-refractivity contribution in [1.29, 1.82) is 5.26 Å². The number of morpholine rings is 1. The van der Waals surface area contributed by atoms with E-state index in [0.29, 0.717) is 29.7 Å². The van der Waals surface area contributed by atoms with Crippen LogP contribution < -0.4 is 4.74 Å². The Morgan fingerprint density at radius 3 is 2.35 bits per heavy atom. The molecule has 1 aliphatic carbocycles. The van der Waals surface area contributed by atoms with Crippen LogP contribution in [0, 0.1) is 11.3 Å². The molecule has 0 unspecified atom stereocenters. The molecule has 0 radical (unpaired) electrons. The Morgan fingerprint density at radius 1 is 1.00 bits per heavy atom. The Labute approximate surface area is 202 Å². The summed E-state index contributed by atoms with van der Waals surface area (Å²) in [6.07, 6.45) is 7.40. The molecule has 1 aromatic heterocycles. The van der Waals surface area contributed by atoms with Crippen LogP contribution in [0.1, 0.15) is 56.6 Å². The SMILES string of the molecule is COc1c(C2CCC(N3C[C@@H](C)O[C@@H](C)C3)CC2)cnc2c(-c3ccc(C#N)cc3)cccc12. The summed E-state index contributed by atoms with van der Waals surface area (Å²) in [4.78, 5) is 7.59. The van der Waals surface area contributed by atoms with Crippen LogP contribution in [0.4, 0.5) is 0 Å².